The molecule has 1 saturated carbocycles. The summed E-state index contributed by atoms with van der Waals surface area (Å²) in [6, 6.07) is 4.06. The van der Waals surface area contributed by atoms with E-state index >= 15 is 0 Å². The summed E-state index contributed by atoms with van der Waals surface area (Å²) in [6.45, 7) is 3.84. The Morgan fingerprint density at radius 1 is 0.900 bits per heavy atom. The first kappa shape index (κ1) is 21.4. The quantitative estimate of drug-likeness (QED) is 0.711. The zero-order valence-corrected chi connectivity index (χ0v) is 18.5. The SMILES string of the molecule is COc1cc2c(cc1OC)CN(C(=O)CN1CCC(OC3CCCCC3)CC1)CC2. The smallest absolute Gasteiger partial charge is 0.237 e. The van der Waals surface area contributed by atoms with Crippen molar-refractivity contribution in [2.45, 2.75) is 70.1 Å². The molecule has 0 atom stereocenters. The molecule has 0 spiro atoms. The third-order valence-electron chi connectivity index (χ3n) is 6.90. The molecule has 2 heterocycles. The summed E-state index contributed by atoms with van der Waals surface area (Å²) in [7, 11) is 3.31. The van der Waals surface area contributed by atoms with Crippen molar-refractivity contribution in [1.82, 2.24) is 9.80 Å². The summed E-state index contributed by atoms with van der Waals surface area (Å²) in [4.78, 5) is 17.2. The van der Waals surface area contributed by atoms with Crippen LogP contribution in [-0.2, 0) is 22.5 Å². The van der Waals surface area contributed by atoms with Crippen molar-refractivity contribution in [3.63, 3.8) is 0 Å². The van der Waals surface area contributed by atoms with Crippen LogP contribution in [0.15, 0.2) is 12.1 Å². The van der Waals surface area contributed by atoms with E-state index in [1.807, 2.05) is 17.0 Å². The van der Waals surface area contributed by atoms with Crippen molar-refractivity contribution in [1.29, 1.82) is 0 Å². The Balaban J connectivity index is 1.26. The molecule has 0 aromatic heterocycles. The van der Waals surface area contributed by atoms with E-state index in [-0.39, 0.29) is 5.91 Å². The van der Waals surface area contributed by atoms with Gasteiger partial charge in [0.25, 0.3) is 0 Å². The summed E-state index contributed by atoms with van der Waals surface area (Å²) in [5.74, 6) is 1.71. The fourth-order valence-corrected chi connectivity index (χ4v) is 5.06. The van der Waals surface area contributed by atoms with E-state index in [1.165, 1.54) is 37.7 Å². The fraction of sp³-hybridized carbons (Fsp3) is 0.708. The lowest BCUT2D eigenvalue weighted by atomic mass is 9.97. The van der Waals surface area contributed by atoms with Gasteiger partial charge in [0.05, 0.1) is 33.0 Å². The van der Waals surface area contributed by atoms with Crippen LogP contribution in [0.3, 0.4) is 0 Å². The summed E-state index contributed by atoms with van der Waals surface area (Å²) in [5.41, 5.74) is 2.41. The Kier molecular flexibility index (Phi) is 7.16. The lowest BCUT2D eigenvalue weighted by molar-refractivity contribution is -0.134. The van der Waals surface area contributed by atoms with Gasteiger partial charge in [-0.2, -0.15) is 0 Å². The van der Waals surface area contributed by atoms with Gasteiger partial charge in [0.2, 0.25) is 5.91 Å². The number of hydrogen-bond donors (Lipinski definition) is 0. The molecule has 1 amide bonds. The van der Waals surface area contributed by atoms with Gasteiger partial charge in [-0.1, -0.05) is 19.3 Å². The summed E-state index contributed by atoms with van der Waals surface area (Å²) in [5, 5.41) is 0. The number of rotatable bonds is 6. The van der Waals surface area contributed by atoms with Gasteiger partial charge in [0, 0.05) is 26.2 Å². The van der Waals surface area contributed by atoms with Crippen LogP contribution in [0.4, 0.5) is 0 Å². The molecular weight excluding hydrogens is 380 g/mol. The average Bonchev–Trinajstić information content (AvgIpc) is 2.79. The highest BCUT2D eigenvalue weighted by Crippen LogP contribution is 2.33. The van der Waals surface area contributed by atoms with Crippen LogP contribution in [0.25, 0.3) is 0 Å². The minimum absolute atomic E-state index is 0.224. The standard InChI is InChI=1S/C24H36N2O4/c1-28-22-14-18-8-13-26(16-19(18)15-23(22)29-2)24(27)17-25-11-9-21(10-12-25)30-20-6-4-3-5-7-20/h14-15,20-21H,3-13,16-17H2,1-2H3. The number of ether oxygens (including phenoxy) is 3. The Morgan fingerprint density at radius 3 is 2.20 bits per heavy atom. The molecule has 0 N–H and O–H groups in total. The lowest BCUT2D eigenvalue weighted by Gasteiger charge is -2.36. The topological polar surface area (TPSA) is 51.2 Å². The van der Waals surface area contributed by atoms with Crippen molar-refractivity contribution < 1.29 is 19.0 Å². The second kappa shape index (κ2) is 10.0. The number of benzene rings is 1. The van der Waals surface area contributed by atoms with Crippen molar-refractivity contribution in [2.24, 2.45) is 0 Å². The van der Waals surface area contributed by atoms with Crippen LogP contribution in [0, 0.1) is 0 Å². The molecule has 1 aromatic rings. The summed E-state index contributed by atoms with van der Waals surface area (Å²) >= 11 is 0. The monoisotopic (exact) mass is 416 g/mol. The molecule has 1 aromatic carbocycles. The van der Waals surface area contributed by atoms with Gasteiger partial charge in [-0.25, -0.2) is 0 Å². The first-order chi connectivity index (χ1) is 14.7. The molecule has 0 unspecified atom stereocenters. The Hall–Kier alpha value is -1.79. The van der Waals surface area contributed by atoms with Crippen molar-refractivity contribution in [2.75, 3.05) is 40.4 Å². The molecule has 30 heavy (non-hydrogen) atoms. The Labute approximate surface area is 180 Å². The first-order valence-corrected chi connectivity index (χ1v) is 11.6. The molecular formula is C24H36N2O4. The zero-order chi connectivity index (χ0) is 20.9. The maximum atomic E-state index is 12.9. The van der Waals surface area contributed by atoms with E-state index in [0.717, 1.165) is 56.0 Å². The third kappa shape index (κ3) is 5.09. The number of carbonyl (C=O) groups excluding carboxylic acids is 1. The molecule has 2 fully saturated rings. The molecule has 0 radical (unpaired) electrons. The number of amides is 1. The van der Waals surface area contributed by atoms with Gasteiger partial charge < -0.3 is 19.1 Å². The van der Waals surface area contributed by atoms with E-state index in [2.05, 4.69) is 4.90 Å². The van der Waals surface area contributed by atoms with Crippen molar-refractivity contribution in [3.8, 4) is 11.5 Å². The molecule has 6 heteroatoms. The Morgan fingerprint density at radius 2 is 1.53 bits per heavy atom. The van der Waals surface area contributed by atoms with Crippen LogP contribution >= 0.6 is 0 Å². The molecule has 6 nitrogen and oxygen atoms in total. The Bertz CT molecular complexity index is 724. The number of nitrogens with zero attached hydrogens (tertiary/aromatic N) is 2. The predicted octanol–water partition coefficient (Wildman–Crippen LogP) is 3.40. The number of methoxy groups -OCH3 is 2. The van der Waals surface area contributed by atoms with E-state index in [1.54, 1.807) is 14.2 Å². The van der Waals surface area contributed by atoms with Gasteiger partial charge in [-0.05, 0) is 55.4 Å². The lowest BCUT2D eigenvalue weighted by Crippen LogP contribution is -2.46. The number of fused-ring (bicyclic) bond motifs is 1. The maximum absolute atomic E-state index is 12.9. The molecule has 1 saturated heterocycles. The van der Waals surface area contributed by atoms with E-state index < -0.39 is 0 Å². The minimum Gasteiger partial charge on any atom is -0.493 e. The number of hydrogen-bond acceptors (Lipinski definition) is 5. The van der Waals surface area contributed by atoms with E-state index in [4.69, 9.17) is 14.2 Å². The summed E-state index contributed by atoms with van der Waals surface area (Å²) < 4.78 is 17.2. The summed E-state index contributed by atoms with van der Waals surface area (Å²) in [6.07, 6.45) is 10.3. The first-order valence-electron chi connectivity index (χ1n) is 11.6. The van der Waals surface area contributed by atoms with Gasteiger partial charge in [-0.3, -0.25) is 9.69 Å². The maximum Gasteiger partial charge on any atom is 0.237 e. The molecule has 3 aliphatic rings. The van der Waals surface area contributed by atoms with Gasteiger partial charge >= 0.3 is 0 Å². The highest BCUT2D eigenvalue weighted by atomic mass is 16.5. The van der Waals surface area contributed by atoms with Crippen LogP contribution < -0.4 is 9.47 Å². The normalized spacial score (nSPS) is 21.3. The second-order valence-corrected chi connectivity index (χ2v) is 8.91. The number of piperidine rings is 1. The fourth-order valence-electron chi connectivity index (χ4n) is 5.06. The number of carbonyl (C=O) groups is 1. The van der Waals surface area contributed by atoms with Crippen LogP contribution in [-0.4, -0.2) is 68.3 Å². The molecule has 2 aliphatic heterocycles. The van der Waals surface area contributed by atoms with E-state index in [0.29, 0.717) is 25.3 Å². The highest BCUT2D eigenvalue weighted by Gasteiger charge is 2.28. The molecule has 166 valence electrons. The van der Waals surface area contributed by atoms with Crippen LogP contribution in [0.1, 0.15) is 56.1 Å². The highest BCUT2D eigenvalue weighted by molar-refractivity contribution is 5.78. The predicted molar refractivity (Wildman–Crippen MR) is 116 cm³/mol. The molecule has 4 rings (SSSR count). The van der Waals surface area contributed by atoms with Crippen molar-refractivity contribution >= 4 is 5.91 Å². The zero-order valence-electron chi connectivity index (χ0n) is 18.5. The minimum atomic E-state index is 0.224. The van der Waals surface area contributed by atoms with Crippen LogP contribution in [0.2, 0.25) is 0 Å². The second-order valence-electron chi connectivity index (χ2n) is 8.91. The average molecular weight is 417 g/mol. The van der Waals surface area contributed by atoms with E-state index in [9.17, 15) is 4.79 Å². The third-order valence-corrected chi connectivity index (χ3v) is 6.90. The van der Waals surface area contributed by atoms with Crippen LogP contribution in [0.5, 0.6) is 11.5 Å². The number of likely N-dealkylation sites (tertiary alicyclic amines) is 1. The molecule has 1 aliphatic carbocycles. The van der Waals surface area contributed by atoms with Gasteiger partial charge in [-0.15, -0.1) is 0 Å². The van der Waals surface area contributed by atoms with Gasteiger partial charge in [0.1, 0.15) is 0 Å². The van der Waals surface area contributed by atoms with Crippen molar-refractivity contribution in [3.05, 3.63) is 23.3 Å². The van der Waals surface area contributed by atoms with Gasteiger partial charge in [0.15, 0.2) is 11.5 Å². The largest absolute Gasteiger partial charge is 0.493 e. The molecule has 0 bridgehead atoms.